The van der Waals surface area contributed by atoms with Crippen molar-refractivity contribution in [2.24, 2.45) is 7.05 Å². The first-order valence-corrected chi connectivity index (χ1v) is 4.79. The zero-order chi connectivity index (χ0) is 11.7. The van der Waals surface area contributed by atoms with Crippen LogP contribution in [-0.2, 0) is 7.05 Å². The van der Waals surface area contributed by atoms with Gasteiger partial charge in [-0.25, -0.2) is 4.68 Å². The van der Waals surface area contributed by atoms with E-state index in [0.29, 0.717) is 11.4 Å². The van der Waals surface area contributed by atoms with Crippen LogP contribution in [0.15, 0.2) is 24.4 Å². The normalized spacial score (nSPS) is 10.4. The highest BCUT2D eigenvalue weighted by molar-refractivity contribution is 6.09. The molecule has 0 unspecified atom stereocenters. The number of hydrogen-bond donors (Lipinski definition) is 1. The van der Waals surface area contributed by atoms with Gasteiger partial charge < -0.3 is 5.11 Å². The van der Waals surface area contributed by atoms with E-state index in [2.05, 4.69) is 10.1 Å². The summed E-state index contributed by atoms with van der Waals surface area (Å²) in [6.45, 7) is 1.68. The molecule has 0 amide bonds. The first kappa shape index (κ1) is 10.4. The van der Waals surface area contributed by atoms with Crippen LogP contribution in [0.3, 0.4) is 0 Å². The van der Waals surface area contributed by atoms with Gasteiger partial charge in [-0.15, -0.1) is 0 Å². The number of rotatable bonds is 2. The van der Waals surface area contributed by atoms with Gasteiger partial charge in [0.05, 0.1) is 5.69 Å². The van der Waals surface area contributed by atoms with E-state index in [4.69, 9.17) is 0 Å². The maximum absolute atomic E-state index is 12.0. The Labute approximate surface area is 92.4 Å². The molecule has 0 saturated heterocycles. The van der Waals surface area contributed by atoms with Gasteiger partial charge in [0.2, 0.25) is 11.7 Å². The number of aromatic nitrogens is 3. The second kappa shape index (κ2) is 3.77. The molecule has 0 bridgehead atoms. The Morgan fingerprint density at radius 3 is 2.69 bits per heavy atom. The molecule has 5 nitrogen and oxygen atoms in total. The van der Waals surface area contributed by atoms with Crippen molar-refractivity contribution in [3.05, 3.63) is 41.3 Å². The molecule has 0 saturated carbocycles. The summed E-state index contributed by atoms with van der Waals surface area (Å²) in [5.41, 5.74) is 1.01. The van der Waals surface area contributed by atoms with Crippen LogP contribution in [0.2, 0.25) is 0 Å². The zero-order valence-electron chi connectivity index (χ0n) is 9.01. The maximum atomic E-state index is 12.0. The number of ketones is 1. The number of carbonyl (C=O) groups excluding carboxylic acids is 1. The van der Waals surface area contributed by atoms with Crippen molar-refractivity contribution in [3.8, 4) is 5.88 Å². The van der Waals surface area contributed by atoms with Crippen LogP contribution in [0, 0.1) is 6.92 Å². The van der Waals surface area contributed by atoms with Crippen molar-refractivity contribution >= 4 is 5.78 Å². The average molecular weight is 217 g/mol. The van der Waals surface area contributed by atoms with E-state index in [-0.39, 0.29) is 17.2 Å². The smallest absolute Gasteiger partial charge is 0.220 e. The summed E-state index contributed by atoms with van der Waals surface area (Å²) in [6.07, 6.45) is 1.54. The SMILES string of the molecule is Cc1nn(C)c(O)c1C(=O)c1ccccn1. The third-order valence-electron chi connectivity index (χ3n) is 2.32. The molecule has 2 rings (SSSR count). The highest BCUT2D eigenvalue weighted by atomic mass is 16.3. The largest absolute Gasteiger partial charge is 0.493 e. The molecule has 0 aromatic carbocycles. The lowest BCUT2D eigenvalue weighted by Crippen LogP contribution is -2.04. The minimum absolute atomic E-state index is 0.131. The minimum Gasteiger partial charge on any atom is -0.493 e. The molecule has 0 aliphatic rings. The number of carbonyl (C=O) groups is 1. The average Bonchev–Trinajstić information content (AvgIpc) is 2.54. The molecule has 0 spiro atoms. The highest BCUT2D eigenvalue weighted by Crippen LogP contribution is 2.22. The monoisotopic (exact) mass is 217 g/mol. The first-order chi connectivity index (χ1) is 7.61. The molecule has 0 aliphatic heterocycles. The Kier molecular flexibility index (Phi) is 2.44. The summed E-state index contributed by atoms with van der Waals surface area (Å²) in [5, 5.41) is 13.7. The number of nitrogens with zero attached hydrogens (tertiary/aromatic N) is 3. The maximum Gasteiger partial charge on any atom is 0.220 e. The van der Waals surface area contributed by atoms with Crippen molar-refractivity contribution in [1.29, 1.82) is 0 Å². The molecule has 0 aliphatic carbocycles. The lowest BCUT2D eigenvalue weighted by atomic mass is 10.1. The molecule has 82 valence electrons. The third kappa shape index (κ3) is 1.56. The first-order valence-electron chi connectivity index (χ1n) is 4.79. The van der Waals surface area contributed by atoms with Crippen molar-refractivity contribution in [2.45, 2.75) is 6.92 Å². The molecule has 2 heterocycles. The molecular formula is C11H11N3O2. The summed E-state index contributed by atoms with van der Waals surface area (Å²) in [4.78, 5) is 16.0. The number of aryl methyl sites for hydroxylation is 2. The van der Waals surface area contributed by atoms with Gasteiger partial charge in [-0.05, 0) is 19.1 Å². The second-order valence-corrected chi connectivity index (χ2v) is 3.45. The fourth-order valence-electron chi connectivity index (χ4n) is 1.54. The fourth-order valence-corrected chi connectivity index (χ4v) is 1.54. The van der Waals surface area contributed by atoms with Crippen molar-refractivity contribution in [1.82, 2.24) is 14.8 Å². The molecule has 2 aromatic rings. The van der Waals surface area contributed by atoms with Crippen LogP contribution in [0.4, 0.5) is 0 Å². The van der Waals surface area contributed by atoms with E-state index >= 15 is 0 Å². The molecule has 0 radical (unpaired) electrons. The Hall–Kier alpha value is -2.17. The van der Waals surface area contributed by atoms with Gasteiger partial charge in [0.25, 0.3) is 0 Å². The molecule has 0 atom stereocenters. The van der Waals surface area contributed by atoms with Crippen LogP contribution < -0.4 is 0 Å². The van der Waals surface area contributed by atoms with Gasteiger partial charge in [-0.2, -0.15) is 5.10 Å². The van der Waals surface area contributed by atoms with Gasteiger partial charge in [0, 0.05) is 13.2 Å². The number of aromatic hydroxyl groups is 1. The Balaban J connectivity index is 2.50. The standard InChI is InChI=1S/C11H11N3O2/c1-7-9(11(16)14(2)13-7)10(15)8-5-3-4-6-12-8/h3-6,16H,1-2H3. The van der Waals surface area contributed by atoms with E-state index in [9.17, 15) is 9.90 Å². The van der Waals surface area contributed by atoms with Gasteiger partial charge >= 0.3 is 0 Å². The summed E-state index contributed by atoms with van der Waals surface area (Å²) in [6, 6.07) is 5.06. The summed E-state index contributed by atoms with van der Waals surface area (Å²) < 4.78 is 1.27. The summed E-state index contributed by atoms with van der Waals surface area (Å²) in [7, 11) is 1.58. The molecule has 1 N–H and O–H groups in total. The van der Waals surface area contributed by atoms with E-state index < -0.39 is 0 Å². The molecular weight excluding hydrogens is 206 g/mol. The lowest BCUT2D eigenvalue weighted by Gasteiger charge is -1.99. The fraction of sp³-hybridized carbons (Fsp3) is 0.182. The predicted molar refractivity (Wildman–Crippen MR) is 57.3 cm³/mol. The van der Waals surface area contributed by atoms with Crippen LogP contribution in [0.1, 0.15) is 21.7 Å². The van der Waals surface area contributed by atoms with Gasteiger partial charge in [0.1, 0.15) is 11.3 Å². The summed E-state index contributed by atoms with van der Waals surface area (Å²) >= 11 is 0. The van der Waals surface area contributed by atoms with E-state index in [0.717, 1.165) is 0 Å². The van der Waals surface area contributed by atoms with Crippen LogP contribution in [0.5, 0.6) is 5.88 Å². The topological polar surface area (TPSA) is 68.0 Å². The quantitative estimate of drug-likeness (QED) is 0.764. The van der Waals surface area contributed by atoms with E-state index in [1.165, 1.54) is 10.9 Å². The van der Waals surface area contributed by atoms with Crippen molar-refractivity contribution in [3.63, 3.8) is 0 Å². The van der Waals surface area contributed by atoms with Crippen LogP contribution >= 0.6 is 0 Å². The predicted octanol–water partition coefficient (Wildman–Crippen LogP) is 1.06. The molecule has 0 fully saturated rings. The van der Waals surface area contributed by atoms with E-state index in [1.54, 1.807) is 32.2 Å². The molecule has 16 heavy (non-hydrogen) atoms. The minimum atomic E-state index is -0.316. The van der Waals surface area contributed by atoms with Crippen LogP contribution in [-0.4, -0.2) is 25.7 Å². The molecule has 5 heteroatoms. The second-order valence-electron chi connectivity index (χ2n) is 3.45. The van der Waals surface area contributed by atoms with Gasteiger partial charge in [-0.1, -0.05) is 6.07 Å². The number of hydrogen-bond acceptors (Lipinski definition) is 4. The van der Waals surface area contributed by atoms with Gasteiger partial charge in [0.15, 0.2) is 0 Å². The number of pyridine rings is 1. The van der Waals surface area contributed by atoms with Crippen molar-refractivity contribution in [2.75, 3.05) is 0 Å². The van der Waals surface area contributed by atoms with Crippen LogP contribution in [0.25, 0.3) is 0 Å². The Bertz CT molecular complexity index is 532. The molecule has 2 aromatic heterocycles. The lowest BCUT2D eigenvalue weighted by molar-refractivity contribution is 0.103. The summed E-state index contributed by atoms with van der Waals surface area (Å²) in [5.74, 6) is -0.447. The zero-order valence-corrected chi connectivity index (χ0v) is 9.01. The Morgan fingerprint density at radius 1 is 1.44 bits per heavy atom. The van der Waals surface area contributed by atoms with Crippen molar-refractivity contribution < 1.29 is 9.90 Å². The van der Waals surface area contributed by atoms with E-state index in [1.807, 2.05) is 0 Å². The third-order valence-corrected chi connectivity index (χ3v) is 2.32. The Morgan fingerprint density at radius 2 is 2.19 bits per heavy atom. The van der Waals surface area contributed by atoms with Gasteiger partial charge in [-0.3, -0.25) is 9.78 Å². The highest BCUT2D eigenvalue weighted by Gasteiger charge is 2.21.